The number of anilines is 1. The molecule has 10 heteroatoms. The van der Waals surface area contributed by atoms with E-state index in [9.17, 15) is 18.4 Å². The molecule has 6 nitrogen and oxygen atoms in total. The van der Waals surface area contributed by atoms with Crippen LogP contribution in [0.1, 0.15) is 17.4 Å². The van der Waals surface area contributed by atoms with Gasteiger partial charge in [-0.25, -0.2) is 18.6 Å². The maximum Gasteiger partial charge on any atom is 0.359 e. The number of carbonyl (C=O) groups excluding carboxylic acids is 2. The maximum atomic E-state index is 13.6. The Bertz CT molecular complexity index is 952. The number of fused-ring (bicyclic) bond motifs is 1. The van der Waals surface area contributed by atoms with Gasteiger partial charge in [-0.15, -0.1) is 11.3 Å². The number of benzene rings is 1. The molecule has 0 aliphatic carbocycles. The third kappa shape index (κ3) is 3.33. The van der Waals surface area contributed by atoms with Gasteiger partial charge in [-0.2, -0.15) is 0 Å². The molecule has 0 radical (unpaired) electrons. The lowest BCUT2D eigenvalue weighted by molar-refractivity contribution is -0.123. The molecule has 25 heavy (non-hydrogen) atoms. The highest BCUT2D eigenvalue weighted by molar-refractivity contribution is 7.15. The first-order chi connectivity index (χ1) is 11.9. The largest absolute Gasteiger partial charge is 0.448 e. The Hall–Kier alpha value is -2.52. The van der Waals surface area contributed by atoms with Crippen LogP contribution < -0.4 is 5.32 Å². The van der Waals surface area contributed by atoms with Crippen molar-refractivity contribution in [1.82, 2.24) is 9.38 Å². The number of hydrogen-bond donors (Lipinski definition) is 1. The van der Waals surface area contributed by atoms with Crippen molar-refractivity contribution in [3.8, 4) is 0 Å². The first-order valence-electron chi connectivity index (χ1n) is 6.95. The van der Waals surface area contributed by atoms with Gasteiger partial charge in [0.05, 0.1) is 0 Å². The molecule has 2 heterocycles. The summed E-state index contributed by atoms with van der Waals surface area (Å²) in [4.78, 5) is 28.8. The number of ether oxygens (including phenoxy) is 1. The number of imidazole rings is 1. The molecule has 130 valence electrons. The molecule has 0 saturated carbocycles. The Kier molecular flexibility index (Phi) is 4.69. The Balaban J connectivity index is 1.74. The van der Waals surface area contributed by atoms with Crippen LogP contribution in [0.2, 0.25) is 5.15 Å². The molecule has 1 N–H and O–H groups in total. The second-order valence-electron chi connectivity index (χ2n) is 4.94. The predicted molar refractivity (Wildman–Crippen MR) is 87.9 cm³/mol. The van der Waals surface area contributed by atoms with Crippen LogP contribution >= 0.6 is 22.9 Å². The summed E-state index contributed by atoms with van der Waals surface area (Å²) in [5.74, 6) is -3.65. The summed E-state index contributed by atoms with van der Waals surface area (Å²) in [6.45, 7) is 1.27. The smallest absolute Gasteiger partial charge is 0.359 e. The molecule has 2 aromatic heterocycles. The Labute approximate surface area is 149 Å². The van der Waals surface area contributed by atoms with Gasteiger partial charge in [-0.1, -0.05) is 17.7 Å². The Morgan fingerprint density at radius 3 is 2.72 bits per heavy atom. The molecule has 1 amide bonds. The maximum absolute atomic E-state index is 13.6. The number of carbonyl (C=O) groups is 2. The summed E-state index contributed by atoms with van der Waals surface area (Å²) < 4.78 is 33.6. The number of para-hydroxylation sites is 1. The number of nitrogens with one attached hydrogen (secondary N) is 1. The molecule has 0 saturated heterocycles. The molecule has 0 fully saturated rings. The SMILES string of the molecule is C[C@@H](OC(=O)c1c(Cl)nc2sccn12)C(=O)Nc1c(F)cccc1F. The number of amides is 1. The van der Waals surface area contributed by atoms with Gasteiger partial charge in [-0.05, 0) is 19.1 Å². The lowest BCUT2D eigenvalue weighted by atomic mass is 10.2. The van der Waals surface area contributed by atoms with Crippen molar-refractivity contribution in [3.05, 3.63) is 52.3 Å². The molecule has 0 spiro atoms. The molecule has 3 rings (SSSR count). The highest BCUT2D eigenvalue weighted by Gasteiger charge is 2.26. The van der Waals surface area contributed by atoms with Crippen molar-refractivity contribution in [3.63, 3.8) is 0 Å². The summed E-state index contributed by atoms with van der Waals surface area (Å²) in [5.41, 5.74) is -0.646. The van der Waals surface area contributed by atoms with Crippen molar-refractivity contribution in [2.75, 3.05) is 5.32 Å². The summed E-state index contributed by atoms with van der Waals surface area (Å²) >= 11 is 7.18. The quantitative estimate of drug-likeness (QED) is 0.697. The molecule has 0 aliphatic heterocycles. The van der Waals surface area contributed by atoms with E-state index in [1.807, 2.05) is 0 Å². The van der Waals surface area contributed by atoms with Gasteiger partial charge in [0.2, 0.25) is 0 Å². The predicted octanol–water partition coefficient (Wildman–Crippen LogP) is 3.51. The number of nitrogens with zero attached hydrogens (tertiary/aromatic N) is 2. The van der Waals surface area contributed by atoms with Crippen LogP contribution in [-0.4, -0.2) is 27.4 Å². The van der Waals surface area contributed by atoms with Crippen LogP contribution in [-0.2, 0) is 9.53 Å². The average Bonchev–Trinajstić information content (AvgIpc) is 3.10. The highest BCUT2D eigenvalue weighted by atomic mass is 35.5. The molecule has 1 aromatic carbocycles. The lowest BCUT2D eigenvalue weighted by Gasteiger charge is -2.14. The number of rotatable bonds is 4. The van der Waals surface area contributed by atoms with Gasteiger partial charge in [0.25, 0.3) is 5.91 Å². The second kappa shape index (κ2) is 6.77. The van der Waals surface area contributed by atoms with E-state index in [-0.39, 0.29) is 10.8 Å². The lowest BCUT2D eigenvalue weighted by Crippen LogP contribution is -2.31. The van der Waals surface area contributed by atoms with Crippen molar-refractivity contribution >= 4 is 45.5 Å². The average molecular weight is 386 g/mol. The number of aromatic nitrogens is 2. The fraction of sp³-hybridized carbons (Fsp3) is 0.133. The minimum Gasteiger partial charge on any atom is -0.448 e. The van der Waals surface area contributed by atoms with Gasteiger partial charge in [0.15, 0.2) is 21.9 Å². The van der Waals surface area contributed by atoms with Crippen molar-refractivity contribution < 1.29 is 23.1 Å². The van der Waals surface area contributed by atoms with Gasteiger partial charge >= 0.3 is 5.97 Å². The first kappa shape index (κ1) is 17.3. The minimum atomic E-state index is -1.31. The number of hydrogen-bond acceptors (Lipinski definition) is 5. The fourth-order valence-electron chi connectivity index (χ4n) is 2.05. The van der Waals surface area contributed by atoms with E-state index in [2.05, 4.69) is 10.3 Å². The Morgan fingerprint density at radius 2 is 2.04 bits per heavy atom. The minimum absolute atomic E-state index is 0.0327. The fourth-order valence-corrected chi connectivity index (χ4v) is 3.07. The zero-order valence-electron chi connectivity index (χ0n) is 12.6. The third-order valence-corrected chi connectivity index (χ3v) is 4.30. The van der Waals surface area contributed by atoms with E-state index in [1.54, 1.807) is 11.6 Å². The molecular weight excluding hydrogens is 376 g/mol. The topological polar surface area (TPSA) is 72.7 Å². The molecule has 3 aromatic rings. The molecule has 1 atom stereocenters. The summed E-state index contributed by atoms with van der Waals surface area (Å²) in [6.07, 6.45) is 0.265. The molecule has 0 bridgehead atoms. The van der Waals surface area contributed by atoms with Gasteiger partial charge in [-0.3, -0.25) is 9.20 Å². The first-order valence-corrected chi connectivity index (χ1v) is 8.21. The van der Waals surface area contributed by atoms with Gasteiger partial charge < -0.3 is 10.1 Å². The highest BCUT2D eigenvalue weighted by Crippen LogP contribution is 2.23. The third-order valence-electron chi connectivity index (χ3n) is 3.28. The Morgan fingerprint density at radius 1 is 1.36 bits per heavy atom. The molecule has 0 unspecified atom stereocenters. The van der Waals surface area contributed by atoms with E-state index >= 15 is 0 Å². The van der Waals surface area contributed by atoms with Crippen LogP contribution in [0.3, 0.4) is 0 Å². The summed E-state index contributed by atoms with van der Waals surface area (Å²) in [7, 11) is 0. The van der Waals surface area contributed by atoms with Gasteiger partial charge in [0.1, 0.15) is 17.3 Å². The van der Waals surface area contributed by atoms with Gasteiger partial charge in [0, 0.05) is 11.6 Å². The summed E-state index contributed by atoms with van der Waals surface area (Å²) in [6, 6.07) is 3.15. The van der Waals surface area contributed by atoms with Crippen LogP contribution in [0.5, 0.6) is 0 Å². The van der Waals surface area contributed by atoms with Crippen molar-refractivity contribution in [2.24, 2.45) is 0 Å². The zero-order valence-corrected chi connectivity index (χ0v) is 14.2. The van der Waals surface area contributed by atoms with Crippen LogP contribution in [0.15, 0.2) is 29.8 Å². The molecular formula is C15H10ClF2N3O3S. The standard InChI is InChI=1S/C15H10ClF2N3O3S/c1-7(13(22)19-10-8(17)3-2-4-9(10)18)24-14(23)11-12(16)20-15-21(11)5-6-25-15/h2-7H,1H3,(H,19,22)/t7-/m1/s1. The van der Waals surface area contributed by atoms with E-state index in [0.29, 0.717) is 4.96 Å². The monoisotopic (exact) mass is 385 g/mol. The second-order valence-corrected chi connectivity index (χ2v) is 6.17. The van der Waals surface area contributed by atoms with Crippen LogP contribution in [0.4, 0.5) is 14.5 Å². The summed E-state index contributed by atoms with van der Waals surface area (Å²) in [5, 5.41) is 3.69. The van der Waals surface area contributed by atoms with E-state index in [1.165, 1.54) is 22.7 Å². The molecule has 0 aliphatic rings. The van der Waals surface area contributed by atoms with E-state index in [4.69, 9.17) is 16.3 Å². The zero-order chi connectivity index (χ0) is 18.1. The van der Waals surface area contributed by atoms with Crippen molar-refractivity contribution in [1.29, 1.82) is 0 Å². The van der Waals surface area contributed by atoms with Crippen LogP contribution in [0.25, 0.3) is 4.96 Å². The number of esters is 1. The number of halogens is 3. The van der Waals surface area contributed by atoms with Crippen LogP contribution in [0, 0.1) is 11.6 Å². The van der Waals surface area contributed by atoms with Crippen molar-refractivity contribution in [2.45, 2.75) is 13.0 Å². The normalized spacial score (nSPS) is 12.2. The number of thiazole rings is 1. The van der Waals surface area contributed by atoms with E-state index < -0.39 is 35.3 Å². The van der Waals surface area contributed by atoms with E-state index in [0.717, 1.165) is 18.2 Å².